The monoisotopic (exact) mass is 191 g/mol. The van der Waals surface area contributed by atoms with Gasteiger partial charge in [0.25, 0.3) is 0 Å². The molecule has 0 bridgehead atoms. The van der Waals surface area contributed by atoms with Gasteiger partial charge in [0.05, 0.1) is 10.0 Å². The van der Waals surface area contributed by atoms with Gasteiger partial charge in [-0.05, 0) is 12.3 Å². The van der Waals surface area contributed by atoms with E-state index in [2.05, 4.69) is 6.07 Å². The molecule has 0 heterocycles. The zero-order chi connectivity index (χ0) is 7.56. The van der Waals surface area contributed by atoms with Crippen molar-refractivity contribution in [2.45, 2.75) is 4.90 Å². The lowest BCUT2D eigenvalue weighted by molar-refractivity contribution is 1.46. The van der Waals surface area contributed by atoms with Gasteiger partial charge in [-0.3, -0.25) is 0 Å². The van der Waals surface area contributed by atoms with E-state index in [0.717, 1.165) is 4.90 Å². The zero-order valence-electron chi connectivity index (χ0n) is 5.32. The zero-order valence-corrected chi connectivity index (χ0v) is 7.65. The SMILES string of the molecule is CSc1c(Cl)[c]ccc1Cl. The summed E-state index contributed by atoms with van der Waals surface area (Å²) in [4.78, 5) is 0.894. The van der Waals surface area contributed by atoms with Crippen LogP contribution in [0.25, 0.3) is 0 Å². The Labute approximate surface area is 74.5 Å². The lowest BCUT2D eigenvalue weighted by atomic mass is 10.4. The molecular formula is C7H5Cl2S. The molecule has 1 aromatic carbocycles. The Balaban J connectivity index is 3.17. The average Bonchev–Trinajstić information content (AvgIpc) is 1.88. The Morgan fingerprint density at radius 1 is 1.50 bits per heavy atom. The molecule has 0 aromatic heterocycles. The molecule has 0 aliphatic heterocycles. The van der Waals surface area contributed by atoms with Crippen molar-refractivity contribution in [1.29, 1.82) is 0 Å². The van der Waals surface area contributed by atoms with E-state index in [1.165, 1.54) is 11.8 Å². The van der Waals surface area contributed by atoms with E-state index in [0.29, 0.717) is 10.0 Å². The Hall–Kier alpha value is 0.150. The van der Waals surface area contributed by atoms with Crippen molar-refractivity contribution in [3.05, 3.63) is 28.2 Å². The van der Waals surface area contributed by atoms with Crippen molar-refractivity contribution in [1.82, 2.24) is 0 Å². The largest absolute Gasteiger partial charge is 0.127 e. The molecule has 0 aliphatic rings. The molecule has 3 heteroatoms. The summed E-state index contributed by atoms with van der Waals surface area (Å²) in [7, 11) is 0. The molecule has 0 unspecified atom stereocenters. The highest BCUT2D eigenvalue weighted by Crippen LogP contribution is 2.31. The smallest absolute Gasteiger partial charge is 0.0635 e. The Kier molecular flexibility index (Phi) is 2.90. The molecule has 0 fully saturated rings. The van der Waals surface area contributed by atoms with Gasteiger partial charge < -0.3 is 0 Å². The van der Waals surface area contributed by atoms with Crippen LogP contribution in [0.1, 0.15) is 0 Å². The molecule has 1 radical (unpaired) electrons. The molecule has 0 nitrogen and oxygen atoms in total. The van der Waals surface area contributed by atoms with Crippen LogP contribution in [0.15, 0.2) is 17.0 Å². The molecular weight excluding hydrogens is 187 g/mol. The minimum atomic E-state index is 0.597. The summed E-state index contributed by atoms with van der Waals surface area (Å²) in [5.74, 6) is 0. The second-order valence-electron chi connectivity index (χ2n) is 1.67. The predicted molar refractivity (Wildman–Crippen MR) is 47.1 cm³/mol. The van der Waals surface area contributed by atoms with Crippen molar-refractivity contribution in [3.8, 4) is 0 Å². The second-order valence-corrected chi connectivity index (χ2v) is 3.27. The summed E-state index contributed by atoms with van der Waals surface area (Å²) >= 11 is 13.1. The Bertz CT molecular complexity index is 215. The van der Waals surface area contributed by atoms with Gasteiger partial charge in [-0.15, -0.1) is 11.8 Å². The summed E-state index contributed by atoms with van der Waals surface area (Å²) in [5.41, 5.74) is 0. The summed E-state index contributed by atoms with van der Waals surface area (Å²) in [5, 5.41) is 1.29. The summed E-state index contributed by atoms with van der Waals surface area (Å²) in [6.07, 6.45) is 1.93. The van der Waals surface area contributed by atoms with Gasteiger partial charge in [0.1, 0.15) is 0 Å². The van der Waals surface area contributed by atoms with Gasteiger partial charge in [-0.1, -0.05) is 29.3 Å². The van der Waals surface area contributed by atoms with Crippen LogP contribution in [-0.4, -0.2) is 6.26 Å². The summed E-state index contributed by atoms with van der Waals surface area (Å²) < 4.78 is 0. The van der Waals surface area contributed by atoms with Gasteiger partial charge in [0.15, 0.2) is 0 Å². The second kappa shape index (κ2) is 3.51. The third-order valence-corrected chi connectivity index (χ3v) is 2.73. The fourth-order valence-corrected chi connectivity index (χ4v) is 1.96. The molecule has 1 aromatic rings. The lowest BCUT2D eigenvalue weighted by Crippen LogP contribution is -1.73. The van der Waals surface area contributed by atoms with Crippen LogP contribution in [0, 0.1) is 6.07 Å². The molecule has 0 amide bonds. The highest BCUT2D eigenvalue weighted by molar-refractivity contribution is 7.98. The molecule has 0 N–H and O–H groups in total. The maximum absolute atomic E-state index is 5.80. The van der Waals surface area contributed by atoms with Gasteiger partial charge in [-0.25, -0.2) is 0 Å². The van der Waals surface area contributed by atoms with Crippen LogP contribution in [0.5, 0.6) is 0 Å². The maximum Gasteiger partial charge on any atom is 0.0635 e. The summed E-state index contributed by atoms with van der Waals surface area (Å²) in [6.45, 7) is 0. The highest BCUT2D eigenvalue weighted by atomic mass is 35.5. The van der Waals surface area contributed by atoms with Crippen LogP contribution in [0.2, 0.25) is 10.0 Å². The first-order valence-electron chi connectivity index (χ1n) is 2.65. The van der Waals surface area contributed by atoms with Crippen molar-refractivity contribution < 1.29 is 0 Å². The van der Waals surface area contributed by atoms with Crippen molar-refractivity contribution in [2.75, 3.05) is 6.26 Å². The van der Waals surface area contributed by atoms with Crippen molar-refractivity contribution >= 4 is 35.0 Å². The van der Waals surface area contributed by atoms with Crippen LogP contribution in [0.4, 0.5) is 0 Å². The van der Waals surface area contributed by atoms with Gasteiger partial charge >= 0.3 is 0 Å². The molecule has 1 rings (SSSR count). The van der Waals surface area contributed by atoms with E-state index in [-0.39, 0.29) is 0 Å². The number of hydrogen-bond donors (Lipinski definition) is 0. The number of hydrogen-bond acceptors (Lipinski definition) is 1. The first-order valence-corrected chi connectivity index (χ1v) is 4.63. The van der Waals surface area contributed by atoms with Gasteiger partial charge in [-0.2, -0.15) is 0 Å². The minimum absolute atomic E-state index is 0.597. The first-order chi connectivity index (χ1) is 4.75. The molecule has 0 saturated carbocycles. The average molecular weight is 192 g/mol. The minimum Gasteiger partial charge on any atom is -0.127 e. The fourth-order valence-electron chi connectivity index (χ4n) is 0.621. The van der Waals surface area contributed by atoms with E-state index in [1.807, 2.05) is 6.26 Å². The van der Waals surface area contributed by atoms with Gasteiger partial charge in [0, 0.05) is 11.0 Å². The number of rotatable bonds is 1. The molecule has 0 saturated heterocycles. The molecule has 53 valence electrons. The van der Waals surface area contributed by atoms with Crippen LogP contribution in [-0.2, 0) is 0 Å². The highest BCUT2D eigenvalue weighted by Gasteiger charge is 2.01. The van der Waals surface area contributed by atoms with E-state index < -0.39 is 0 Å². The van der Waals surface area contributed by atoms with Crippen LogP contribution in [0.3, 0.4) is 0 Å². The quantitative estimate of drug-likeness (QED) is 0.613. The first kappa shape index (κ1) is 8.25. The predicted octanol–water partition coefficient (Wildman–Crippen LogP) is 3.52. The molecule has 10 heavy (non-hydrogen) atoms. The van der Waals surface area contributed by atoms with E-state index >= 15 is 0 Å². The Morgan fingerprint density at radius 2 is 2.20 bits per heavy atom. The number of benzene rings is 1. The van der Waals surface area contributed by atoms with Crippen molar-refractivity contribution in [2.24, 2.45) is 0 Å². The summed E-state index contributed by atoms with van der Waals surface area (Å²) in [6, 6.07) is 6.34. The van der Waals surface area contributed by atoms with Crippen molar-refractivity contribution in [3.63, 3.8) is 0 Å². The topological polar surface area (TPSA) is 0 Å². The van der Waals surface area contributed by atoms with E-state index in [4.69, 9.17) is 23.2 Å². The third-order valence-electron chi connectivity index (χ3n) is 1.06. The molecule has 0 atom stereocenters. The number of halogens is 2. The maximum atomic E-state index is 5.80. The third kappa shape index (κ3) is 1.60. The van der Waals surface area contributed by atoms with Crippen LogP contribution < -0.4 is 0 Å². The van der Waals surface area contributed by atoms with E-state index in [9.17, 15) is 0 Å². The molecule has 0 aliphatic carbocycles. The fraction of sp³-hybridized carbons (Fsp3) is 0.143. The normalized spacial score (nSPS) is 9.90. The standard InChI is InChI=1S/C7H5Cl2S/c1-10-7-5(8)3-2-4-6(7)9/h2-3H,1H3. The van der Waals surface area contributed by atoms with Gasteiger partial charge in [0.2, 0.25) is 0 Å². The van der Waals surface area contributed by atoms with E-state index in [1.54, 1.807) is 12.1 Å². The molecule has 0 spiro atoms. The Morgan fingerprint density at radius 3 is 2.60 bits per heavy atom. The van der Waals surface area contributed by atoms with Crippen LogP contribution >= 0.6 is 35.0 Å². The number of thioether (sulfide) groups is 1. The lowest BCUT2D eigenvalue weighted by Gasteiger charge is -2.00.